The zero-order chi connectivity index (χ0) is 36.9. The van der Waals surface area contributed by atoms with Crippen molar-refractivity contribution in [3.8, 4) is 44.5 Å². The number of rotatable bonds is 6. The maximum absolute atomic E-state index is 4.84. The molecular weight excluding hydrogens is 667 g/mol. The van der Waals surface area contributed by atoms with Crippen LogP contribution >= 0.6 is 0 Å². The van der Waals surface area contributed by atoms with Crippen LogP contribution in [0.1, 0.15) is 23.6 Å². The summed E-state index contributed by atoms with van der Waals surface area (Å²) in [6.45, 7) is 4.49. The van der Waals surface area contributed by atoms with Gasteiger partial charge in [-0.2, -0.15) is 0 Å². The van der Waals surface area contributed by atoms with Gasteiger partial charge in [0.1, 0.15) is 5.82 Å². The number of anilines is 3. The van der Waals surface area contributed by atoms with Crippen molar-refractivity contribution in [3.05, 3.63) is 205 Å². The van der Waals surface area contributed by atoms with Gasteiger partial charge in [0.15, 0.2) is 0 Å². The average molecular weight is 704 g/mol. The third-order valence-electron chi connectivity index (χ3n) is 11.1. The number of pyridine rings is 2. The van der Waals surface area contributed by atoms with Crippen molar-refractivity contribution in [3.63, 3.8) is 0 Å². The standard InChI is InChI=1S/C52H37N3/c1-3-39-48-34(2)40(37-21-16-22-38(33-37)55(47-27-14-15-31-54-47)46-30-32-53-45-26-13-12-25-43(45)46)28-29-44(48)52-50(36-19-8-5-9-20-36)42-24-11-10-23-41(42)49(51(39)52)35-17-6-4-7-18-35/h3-33H,1-2H3/b39-3+. The van der Waals surface area contributed by atoms with Crippen molar-refractivity contribution in [1.29, 1.82) is 0 Å². The number of allylic oxidation sites excluding steroid dienone is 1. The molecule has 0 aliphatic heterocycles. The largest absolute Gasteiger partial charge is 0.294 e. The topological polar surface area (TPSA) is 29.0 Å². The second-order valence-corrected chi connectivity index (χ2v) is 14.1. The van der Waals surface area contributed by atoms with E-state index < -0.39 is 0 Å². The summed E-state index contributed by atoms with van der Waals surface area (Å²) in [6.07, 6.45) is 6.06. The molecule has 1 aliphatic rings. The van der Waals surface area contributed by atoms with E-state index in [1.54, 1.807) is 0 Å². The summed E-state index contributed by atoms with van der Waals surface area (Å²) in [5.74, 6) is 0.849. The molecule has 1 aliphatic carbocycles. The van der Waals surface area contributed by atoms with Gasteiger partial charge in [0.05, 0.1) is 11.2 Å². The molecular formula is C52H37N3. The third kappa shape index (κ3) is 5.27. The van der Waals surface area contributed by atoms with Crippen LogP contribution in [0.25, 0.3) is 71.8 Å². The zero-order valence-corrected chi connectivity index (χ0v) is 30.7. The first kappa shape index (κ1) is 32.5. The van der Waals surface area contributed by atoms with Crippen LogP contribution in [0, 0.1) is 6.92 Å². The first-order valence-electron chi connectivity index (χ1n) is 18.9. The van der Waals surface area contributed by atoms with Crippen LogP contribution < -0.4 is 4.90 Å². The number of aromatic nitrogens is 2. The van der Waals surface area contributed by atoms with Gasteiger partial charge in [-0.05, 0) is 128 Å². The van der Waals surface area contributed by atoms with Gasteiger partial charge in [0, 0.05) is 23.5 Å². The summed E-state index contributed by atoms with van der Waals surface area (Å²) >= 11 is 0. The normalized spacial score (nSPS) is 12.6. The third-order valence-corrected chi connectivity index (χ3v) is 11.1. The monoisotopic (exact) mass is 703 g/mol. The molecule has 0 unspecified atom stereocenters. The summed E-state index contributed by atoms with van der Waals surface area (Å²) in [6, 6.07) is 60.8. The van der Waals surface area contributed by atoms with Crippen LogP contribution in [-0.4, -0.2) is 9.97 Å². The fourth-order valence-electron chi connectivity index (χ4n) is 8.75. The molecule has 0 bridgehead atoms. The molecule has 0 atom stereocenters. The molecule has 3 nitrogen and oxygen atoms in total. The highest BCUT2D eigenvalue weighted by molar-refractivity contribution is 6.21. The van der Waals surface area contributed by atoms with E-state index in [2.05, 4.69) is 181 Å². The molecule has 2 aromatic heterocycles. The van der Waals surface area contributed by atoms with E-state index in [9.17, 15) is 0 Å². The summed E-state index contributed by atoms with van der Waals surface area (Å²) in [7, 11) is 0. The highest BCUT2D eigenvalue weighted by Gasteiger charge is 2.33. The Kier molecular flexibility index (Phi) is 7.92. The minimum Gasteiger partial charge on any atom is -0.294 e. The Balaban J connectivity index is 1.20. The average Bonchev–Trinajstić information content (AvgIpc) is 3.58. The maximum Gasteiger partial charge on any atom is 0.137 e. The van der Waals surface area contributed by atoms with Crippen molar-refractivity contribution >= 4 is 44.4 Å². The van der Waals surface area contributed by atoms with Crippen molar-refractivity contribution in [1.82, 2.24) is 9.97 Å². The van der Waals surface area contributed by atoms with E-state index in [1.165, 1.54) is 72.0 Å². The molecule has 7 aromatic carbocycles. The minimum atomic E-state index is 0.849. The van der Waals surface area contributed by atoms with E-state index in [0.29, 0.717) is 0 Å². The van der Waals surface area contributed by atoms with Crippen LogP contribution in [0.5, 0.6) is 0 Å². The molecule has 0 saturated heterocycles. The number of para-hydroxylation sites is 1. The van der Waals surface area contributed by atoms with E-state index in [1.807, 2.05) is 30.6 Å². The van der Waals surface area contributed by atoms with Crippen LogP contribution in [0.15, 0.2) is 188 Å². The van der Waals surface area contributed by atoms with Crippen molar-refractivity contribution in [2.24, 2.45) is 0 Å². The van der Waals surface area contributed by atoms with Crippen LogP contribution in [0.2, 0.25) is 0 Å². The van der Waals surface area contributed by atoms with Crippen LogP contribution in [-0.2, 0) is 0 Å². The molecule has 0 spiro atoms. The van der Waals surface area contributed by atoms with Crippen LogP contribution in [0.3, 0.4) is 0 Å². The molecule has 10 rings (SSSR count). The number of nitrogens with zero attached hydrogens (tertiary/aromatic N) is 3. The zero-order valence-electron chi connectivity index (χ0n) is 30.7. The molecule has 9 aromatic rings. The Morgan fingerprint density at radius 1 is 0.455 bits per heavy atom. The predicted octanol–water partition coefficient (Wildman–Crippen LogP) is 14.0. The summed E-state index contributed by atoms with van der Waals surface area (Å²) < 4.78 is 0. The number of benzene rings is 7. The molecule has 0 saturated carbocycles. The number of fused-ring (bicyclic) bond motifs is 5. The van der Waals surface area contributed by atoms with Gasteiger partial charge in [-0.15, -0.1) is 0 Å². The summed E-state index contributed by atoms with van der Waals surface area (Å²) in [5, 5.41) is 3.60. The van der Waals surface area contributed by atoms with Gasteiger partial charge < -0.3 is 0 Å². The lowest BCUT2D eigenvalue weighted by Crippen LogP contribution is -2.12. The van der Waals surface area contributed by atoms with E-state index in [4.69, 9.17) is 4.98 Å². The smallest absolute Gasteiger partial charge is 0.137 e. The van der Waals surface area contributed by atoms with Gasteiger partial charge in [0.25, 0.3) is 0 Å². The molecule has 0 radical (unpaired) electrons. The van der Waals surface area contributed by atoms with Crippen molar-refractivity contribution in [2.45, 2.75) is 13.8 Å². The van der Waals surface area contributed by atoms with Gasteiger partial charge in [-0.3, -0.25) is 9.88 Å². The first-order chi connectivity index (χ1) is 27.2. The quantitative estimate of drug-likeness (QED) is 0.173. The lowest BCUT2D eigenvalue weighted by molar-refractivity contribution is 1.18. The molecule has 0 amide bonds. The molecule has 260 valence electrons. The Labute approximate surface area is 321 Å². The molecule has 3 heteroatoms. The number of hydrogen-bond donors (Lipinski definition) is 0. The Morgan fingerprint density at radius 3 is 1.76 bits per heavy atom. The van der Waals surface area contributed by atoms with Gasteiger partial charge >= 0.3 is 0 Å². The summed E-state index contributed by atoms with van der Waals surface area (Å²) in [5.41, 5.74) is 18.1. The Hall–Kier alpha value is -7.10. The van der Waals surface area contributed by atoms with Gasteiger partial charge in [-0.1, -0.05) is 140 Å². The van der Waals surface area contributed by atoms with E-state index in [-0.39, 0.29) is 0 Å². The van der Waals surface area contributed by atoms with E-state index >= 15 is 0 Å². The van der Waals surface area contributed by atoms with E-state index in [0.717, 1.165) is 33.7 Å². The lowest BCUT2D eigenvalue weighted by atomic mass is 9.83. The lowest BCUT2D eigenvalue weighted by Gasteiger charge is -2.26. The van der Waals surface area contributed by atoms with Crippen LogP contribution in [0.4, 0.5) is 17.2 Å². The predicted molar refractivity (Wildman–Crippen MR) is 231 cm³/mol. The highest BCUT2D eigenvalue weighted by Crippen LogP contribution is 2.57. The second-order valence-electron chi connectivity index (χ2n) is 14.1. The molecule has 55 heavy (non-hydrogen) atoms. The molecule has 0 N–H and O–H groups in total. The summed E-state index contributed by atoms with van der Waals surface area (Å²) in [4.78, 5) is 11.8. The maximum atomic E-state index is 4.84. The minimum absolute atomic E-state index is 0.849. The number of hydrogen-bond acceptors (Lipinski definition) is 3. The van der Waals surface area contributed by atoms with Gasteiger partial charge in [0.2, 0.25) is 0 Å². The van der Waals surface area contributed by atoms with Gasteiger partial charge in [-0.25, -0.2) is 4.98 Å². The second kappa shape index (κ2) is 13.4. The fourth-order valence-corrected chi connectivity index (χ4v) is 8.75. The molecule has 2 heterocycles. The van der Waals surface area contributed by atoms with Crippen molar-refractivity contribution in [2.75, 3.05) is 4.90 Å². The SMILES string of the molecule is C/C=C1\c2c(ccc(-c3cccc(N(c4ccccn4)c4ccnc5ccccc45)c3)c2C)-c2c1c(-c1ccccc1)c1ccccc1c2-c1ccccc1. The Bertz CT molecular complexity index is 2930. The fraction of sp³-hybridized carbons (Fsp3) is 0.0385. The first-order valence-corrected chi connectivity index (χ1v) is 18.9. The Morgan fingerprint density at radius 2 is 1.07 bits per heavy atom. The highest BCUT2D eigenvalue weighted by atomic mass is 15.2. The molecule has 0 fully saturated rings. The van der Waals surface area contributed by atoms with Crippen molar-refractivity contribution < 1.29 is 0 Å².